The second-order valence-corrected chi connectivity index (χ2v) is 5.63. The lowest BCUT2D eigenvalue weighted by molar-refractivity contribution is 0.459. The van der Waals surface area contributed by atoms with Crippen LogP contribution in [-0.2, 0) is 0 Å². The Morgan fingerprint density at radius 2 is 1.33 bits per heavy atom. The lowest BCUT2D eigenvalue weighted by Crippen LogP contribution is -1.96. The Kier molecular flexibility index (Phi) is 3.67. The molecule has 0 radical (unpaired) electrons. The molecular formula is C21H16N2O. The van der Waals surface area contributed by atoms with E-state index in [1.54, 1.807) is 0 Å². The monoisotopic (exact) mass is 312 g/mol. The van der Waals surface area contributed by atoms with Gasteiger partial charge in [0.1, 0.15) is 11.4 Å². The van der Waals surface area contributed by atoms with Gasteiger partial charge in [0.15, 0.2) is 0 Å². The predicted molar refractivity (Wildman–Crippen MR) is 96.2 cm³/mol. The molecular weight excluding hydrogens is 296 g/mol. The highest BCUT2D eigenvalue weighted by molar-refractivity contribution is 5.97. The number of hydrogen-bond donors (Lipinski definition) is 0. The van der Waals surface area contributed by atoms with E-state index in [2.05, 4.69) is 16.3 Å². The standard InChI is InChI=1S/C21H16N2O/c1-15-9-5-8-14-19(15)24-21-18-13-7-6-12-17(18)20(22-23-21)16-10-3-2-4-11-16/h2-14H,1H3. The molecule has 0 aliphatic rings. The third-order valence-electron chi connectivity index (χ3n) is 4.00. The van der Waals surface area contributed by atoms with E-state index in [0.717, 1.165) is 33.3 Å². The minimum absolute atomic E-state index is 0.527. The molecule has 3 heteroatoms. The van der Waals surface area contributed by atoms with Gasteiger partial charge in [0.05, 0.1) is 0 Å². The Morgan fingerprint density at radius 1 is 0.667 bits per heavy atom. The van der Waals surface area contributed by atoms with Gasteiger partial charge in [0, 0.05) is 16.3 Å². The summed E-state index contributed by atoms with van der Waals surface area (Å²) in [5.41, 5.74) is 2.97. The van der Waals surface area contributed by atoms with Crippen LogP contribution < -0.4 is 4.74 Å². The SMILES string of the molecule is Cc1ccccc1Oc1nnc(-c2ccccc2)c2ccccc12. The van der Waals surface area contributed by atoms with Gasteiger partial charge in [-0.3, -0.25) is 0 Å². The molecule has 0 amide bonds. The van der Waals surface area contributed by atoms with E-state index in [-0.39, 0.29) is 0 Å². The largest absolute Gasteiger partial charge is 0.437 e. The first-order chi connectivity index (χ1) is 11.8. The number of aryl methyl sites for hydroxylation is 1. The first kappa shape index (κ1) is 14.4. The molecule has 3 aromatic carbocycles. The summed E-state index contributed by atoms with van der Waals surface area (Å²) in [7, 11) is 0. The molecule has 1 aromatic heterocycles. The fourth-order valence-electron chi connectivity index (χ4n) is 2.74. The normalized spacial score (nSPS) is 10.7. The Labute approximate surface area is 140 Å². The summed E-state index contributed by atoms with van der Waals surface area (Å²) in [6, 6.07) is 26.1. The smallest absolute Gasteiger partial charge is 0.246 e. The highest BCUT2D eigenvalue weighted by Crippen LogP contribution is 2.33. The van der Waals surface area contributed by atoms with Crippen molar-refractivity contribution in [3.05, 3.63) is 84.4 Å². The lowest BCUT2D eigenvalue weighted by atomic mass is 10.1. The number of rotatable bonds is 3. The molecule has 0 atom stereocenters. The second-order valence-electron chi connectivity index (χ2n) is 5.63. The average Bonchev–Trinajstić information content (AvgIpc) is 2.64. The zero-order valence-electron chi connectivity index (χ0n) is 13.3. The number of nitrogens with zero attached hydrogens (tertiary/aromatic N) is 2. The quantitative estimate of drug-likeness (QED) is 0.508. The van der Waals surface area contributed by atoms with Gasteiger partial charge >= 0.3 is 0 Å². The molecule has 0 N–H and O–H groups in total. The molecule has 0 unspecified atom stereocenters. The second kappa shape index (κ2) is 6.13. The molecule has 0 aliphatic carbocycles. The van der Waals surface area contributed by atoms with E-state index in [9.17, 15) is 0 Å². The maximum Gasteiger partial charge on any atom is 0.246 e. The first-order valence-electron chi connectivity index (χ1n) is 7.87. The summed E-state index contributed by atoms with van der Waals surface area (Å²) < 4.78 is 6.04. The number of fused-ring (bicyclic) bond motifs is 1. The Hall–Kier alpha value is -3.20. The summed E-state index contributed by atoms with van der Waals surface area (Å²) in [5.74, 6) is 1.32. The minimum atomic E-state index is 0.527. The van der Waals surface area contributed by atoms with Crippen LogP contribution in [0, 0.1) is 6.92 Å². The Morgan fingerprint density at radius 3 is 2.12 bits per heavy atom. The van der Waals surface area contributed by atoms with Gasteiger partial charge < -0.3 is 4.74 Å². The van der Waals surface area contributed by atoms with Crippen molar-refractivity contribution in [2.24, 2.45) is 0 Å². The molecule has 0 saturated carbocycles. The van der Waals surface area contributed by atoms with E-state index in [4.69, 9.17) is 4.74 Å². The molecule has 0 spiro atoms. The van der Waals surface area contributed by atoms with Crippen molar-refractivity contribution in [2.45, 2.75) is 6.92 Å². The highest BCUT2D eigenvalue weighted by Gasteiger charge is 2.12. The predicted octanol–water partition coefficient (Wildman–Crippen LogP) is 5.40. The van der Waals surface area contributed by atoms with Gasteiger partial charge in [-0.2, -0.15) is 0 Å². The molecule has 1 heterocycles. The van der Waals surface area contributed by atoms with Crippen LogP contribution in [0.2, 0.25) is 0 Å². The number of hydrogen-bond acceptors (Lipinski definition) is 3. The van der Waals surface area contributed by atoms with E-state index in [1.807, 2.05) is 79.7 Å². The minimum Gasteiger partial charge on any atom is -0.437 e. The number of para-hydroxylation sites is 1. The summed E-state index contributed by atoms with van der Waals surface area (Å²) in [6.45, 7) is 2.02. The van der Waals surface area contributed by atoms with Gasteiger partial charge in [-0.15, -0.1) is 10.2 Å². The van der Waals surface area contributed by atoms with E-state index >= 15 is 0 Å². The van der Waals surface area contributed by atoms with Crippen LogP contribution in [0.1, 0.15) is 5.56 Å². The van der Waals surface area contributed by atoms with Crippen molar-refractivity contribution < 1.29 is 4.74 Å². The van der Waals surface area contributed by atoms with Gasteiger partial charge in [0.25, 0.3) is 0 Å². The van der Waals surface area contributed by atoms with Crippen LogP contribution in [0.5, 0.6) is 11.6 Å². The van der Waals surface area contributed by atoms with Crippen LogP contribution in [0.15, 0.2) is 78.9 Å². The molecule has 3 nitrogen and oxygen atoms in total. The zero-order valence-corrected chi connectivity index (χ0v) is 13.3. The van der Waals surface area contributed by atoms with E-state index in [0.29, 0.717) is 5.88 Å². The molecule has 4 aromatic rings. The van der Waals surface area contributed by atoms with Crippen LogP contribution in [0.3, 0.4) is 0 Å². The van der Waals surface area contributed by atoms with Crippen molar-refractivity contribution in [3.63, 3.8) is 0 Å². The van der Waals surface area contributed by atoms with Gasteiger partial charge in [-0.1, -0.05) is 66.7 Å². The summed E-state index contributed by atoms with van der Waals surface area (Å²) in [5, 5.41) is 10.8. The van der Waals surface area contributed by atoms with Crippen molar-refractivity contribution in [2.75, 3.05) is 0 Å². The summed E-state index contributed by atoms with van der Waals surface area (Å²) in [4.78, 5) is 0. The highest BCUT2D eigenvalue weighted by atomic mass is 16.5. The topological polar surface area (TPSA) is 35.0 Å². The maximum atomic E-state index is 6.04. The Balaban J connectivity index is 1.86. The lowest BCUT2D eigenvalue weighted by Gasteiger charge is -2.11. The molecule has 0 bridgehead atoms. The zero-order chi connectivity index (χ0) is 16.4. The van der Waals surface area contributed by atoms with E-state index in [1.165, 1.54) is 0 Å². The molecule has 0 saturated heterocycles. The van der Waals surface area contributed by atoms with Crippen LogP contribution in [0.25, 0.3) is 22.0 Å². The van der Waals surface area contributed by atoms with Crippen LogP contribution >= 0.6 is 0 Å². The molecule has 24 heavy (non-hydrogen) atoms. The maximum absolute atomic E-state index is 6.04. The third-order valence-corrected chi connectivity index (χ3v) is 4.00. The van der Waals surface area contributed by atoms with Gasteiger partial charge in [-0.25, -0.2) is 0 Å². The summed E-state index contributed by atoms with van der Waals surface area (Å²) >= 11 is 0. The Bertz CT molecular complexity index is 997. The number of ether oxygens (including phenoxy) is 1. The van der Waals surface area contributed by atoms with Crippen LogP contribution in [-0.4, -0.2) is 10.2 Å². The van der Waals surface area contributed by atoms with Crippen molar-refractivity contribution >= 4 is 10.8 Å². The van der Waals surface area contributed by atoms with Crippen molar-refractivity contribution in [1.82, 2.24) is 10.2 Å². The molecule has 0 fully saturated rings. The molecule has 116 valence electrons. The fourth-order valence-corrected chi connectivity index (χ4v) is 2.74. The number of benzene rings is 3. The molecule has 0 aliphatic heterocycles. The number of aromatic nitrogens is 2. The van der Waals surface area contributed by atoms with Crippen molar-refractivity contribution in [1.29, 1.82) is 0 Å². The van der Waals surface area contributed by atoms with Crippen molar-refractivity contribution in [3.8, 4) is 22.9 Å². The summed E-state index contributed by atoms with van der Waals surface area (Å²) in [6.07, 6.45) is 0. The van der Waals surface area contributed by atoms with Gasteiger partial charge in [0.2, 0.25) is 5.88 Å². The van der Waals surface area contributed by atoms with Gasteiger partial charge in [-0.05, 0) is 24.6 Å². The first-order valence-corrected chi connectivity index (χ1v) is 7.87. The molecule has 4 rings (SSSR count). The van der Waals surface area contributed by atoms with Crippen LogP contribution in [0.4, 0.5) is 0 Å². The third kappa shape index (κ3) is 2.61. The van der Waals surface area contributed by atoms with E-state index < -0.39 is 0 Å². The fraction of sp³-hybridized carbons (Fsp3) is 0.0476. The average molecular weight is 312 g/mol.